The molecule has 0 aromatic heterocycles. The van der Waals surface area contributed by atoms with Crippen molar-refractivity contribution < 1.29 is 14.3 Å². The number of amides is 1. The number of benzene rings is 1. The van der Waals surface area contributed by atoms with Crippen molar-refractivity contribution in [3.8, 4) is 11.5 Å². The third-order valence-corrected chi connectivity index (χ3v) is 3.74. The maximum atomic E-state index is 12.1. The van der Waals surface area contributed by atoms with E-state index in [0.29, 0.717) is 24.1 Å². The van der Waals surface area contributed by atoms with Crippen molar-refractivity contribution in [3.63, 3.8) is 0 Å². The van der Waals surface area contributed by atoms with Crippen LogP contribution in [0.15, 0.2) is 24.3 Å². The molecule has 2 aliphatic rings. The molecule has 0 spiro atoms. The third-order valence-electron chi connectivity index (χ3n) is 3.74. The molecule has 0 bridgehead atoms. The summed E-state index contributed by atoms with van der Waals surface area (Å²) in [6.07, 6.45) is 3.00. The van der Waals surface area contributed by atoms with Crippen LogP contribution >= 0.6 is 0 Å². The lowest BCUT2D eigenvalue weighted by molar-refractivity contribution is -0.130. The molecule has 2 heterocycles. The predicted molar refractivity (Wildman–Crippen MR) is 75.0 cm³/mol. The number of carbonyl (C=O) groups excluding carboxylic acids is 1. The number of ether oxygens (including phenoxy) is 2. The standard InChI is InChI=1S/C15H20N2O3/c18-15(17-9-11-5-3-4-8-16-11)14-10-19-12-6-1-2-7-13(12)20-14/h1-2,6-7,11,14,16H,3-5,8-10H2,(H,17,18)/t11-,14-/m0/s1. The van der Waals surface area contributed by atoms with Gasteiger partial charge >= 0.3 is 0 Å². The second kappa shape index (κ2) is 6.13. The Morgan fingerprint density at radius 3 is 2.95 bits per heavy atom. The van der Waals surface area contributed by atoms with Crippen LogP contribution in [0.25, 0.3) is 0 Å². The molecule has 5 heteroatoms. The normalized spacial score (nSPS) is 25.0. The summed E-state index contributed by atoms with van der Waals surface area (Å²) < 4.78 is 11.2. The molecule has 1 aromatic rings. The zero-order valence-electron chi connectivity index (χ0n) is 11.4. The van der Waals surface area contributed by atoms with E-state index in [9.17, 15) is 4.79 Å². The van der Waals surface area contributed by atoms with Gasteiger partial charge in [-0.05, 0) is 31.5 Å². The predicted octanol–water partition coefficient (Wildman–Crippen LogP) is 1.08. The average Bonchev–Trinajstić information content (AvgIpc) is 2.53. The largest absolute Gasteiger partial charge is 0.485 e. The number of rotatable bonds is 3. The minimum Gasteiger partial charge on any atom is -0.485 e. The van der Waals surface area contributed by atoms with Gasteiger partial charge in [0.2, 0.25) is 6.10 Å². The van der Waals surface area contributed by atoms with E-state index in [0.717, 1.165) is 13.0 Å². The topological polar surface area (TPSA) is 59.6 Å². The molecule has 5 nitrogen and oxygen atoms in total. The highest BCUT2D eigenvalue weighted by molar-refractivity contribution is 5.81. The third kappa shape index (κ3) is 3.04. The molecule has 1 aromatic carbocycles. The first-order valence-electron chi connectivity index (χ1n) is 7.22. The molecule has 0 aliphatic carbocycles. The van der Waals surface area contributed by atoms with Crippen LogP contribution in [0.3, 0.4) is 0 Å². The van der Waals surface area contributed by atoms with E-state index in [1.165, 1.54) is 12.8 Å². The van der Waals surface area contributed by atoms with Gasteiger partial charge in [-0.3, -0.25) is 4.79 Å². The average molecular weight is 276 g/mol. The number of fused-ring (bicyclic) bond motifs is 1. The minimum atomic E-state index is -0.562. The first-order valence-corrected chi connectivity index (χ1v) is 7.22. The van der Waals surface area contributed by atoms with E-state index in [4.69, 9.17) is 9.47 Å². The summed E-state index contributed by atoms with van der Waals surface area (Å²) in [6.45, 7) is 1.96. The summed E-state index contributed by atoms with van der Waals surface area (Å²) in [5, 5.41) is 6.35. The highest BCUT2D eigenvalue weighted by Gasteiger charge is 2.27. The summed E-state index contributed by atoms with van der Waals surface area (Å²) in [7, 11) is 0. The number of hydrogen-bond donors (Lipinski definition) is 2. The van der Waals surface area contributed by atoms with E-state index in [-0.39, 0.29) is 12.5 Å². The Bertz CT molecular complexity index is 472. The van der Waals surface area contributed by atoms with E-state index < -0.39 is 6.10 Å². The fraction of sp³-hybridized carbons (Fsp3) is 0.533. The van der Waals surface area contributed by atoms with Crippen LogP contribution in [-0.4, -0.2) is 37.7 Å². The van der Waals surface area contributed by atoms with Crippen molar-refractivity contribution in [3.05, 3.63) is 24.3 Å². The Kier molecular flexibility index (Phi) is 4.06. The Labute approximate surface area is 118 Å². The number of carbonyl (C=O) groups is 1. The molecule has 2 atom stereocenters. The molecular formula is C15H20N2O3. The summed E-state index contributed by atoms with van der Waals surface area (Å²) in [5.74, 6) is 1.23. The van der Waals surface area contributed by atoms with Crippen molar-refractivity contribution >= 4 is 5.91 Å². The van der Waals surface area contributed by atoms with Crippen molar-refractivity contribution in [2.75, 3.05) is 19.7 Å². The van der Waals surface area contributed by atoms with E-state index in [1.54, 1.807) is 0 Å². The number of piperidine rings is 1. The van der Waals surface area contributed by atoms with Gasteiger partial charge in [0, 0.05) is 12.6 Å². The highest BCUT2D eigenvalue weighted by atomic mass is 16.6. The zero-order chi connectivity index (χ0) is 13.8. The Balaban J connectivity index is 1.51. The van der Waals surface area contributed by atoms with Gasteiger partial charge in [0.05, 0.1) is 0 Å². The Morgan fingerprint density at radius 2 is 2.15 bits per heavy atom. The summed E-state index contributed by atoms with van der Waals surface area (Å²) in [6, 6.07) is 7.79. The monoisotopic (exact) mass is 276 g/mol. The van der Waals surface area contributed by atoms with Crippen molar-refractivity contribution in [2.24, 2.45) is 0 Å². The van der Waals surface area contributed by atoms with Gasteiger partial charge in [-0.1, -0.05) is 18.6 Å². The van der Waals surface area contributed by atoms with Crippen LogP contribution in [0, 0.1) is 0 Å². The van der Waals surface area contributed by atoms with Gasteiger partial charge in [0.25, 0.3) is 5.91 Å². The van der Waals surface area contributed by atoms with E-state index >= 15 is 0 Å². The molecular weight excluding hydrogens is 256 g/mol. The van der Waals surface area contributed by atoms with Gasteiger partial charge in [-0.15, -0.1) is 0 Å². The zero-order valence-corrected chi connectivity index (χ0v) is 11.4. The number of nitrogens with one attached hydrogen (secondary N) is 2. The van der Waals surface area contributed by atoms with Crippen LogP contribution in [0.4, 0.5) is 0 Å². The second-order valence-electron chi connectivity index (χ2n) is 5.26. The van der Waals surface area contributed by atoms with Gasteiger partial charge in [0.1, 0.15) is 6.61 Å². The van der Waals surface area contributed by atoms with E-state index in [1.807, 2.05) is 24.3 Å². The lowest BCUT2D eigenvalue weighted by Crippen LogP contribution is -2.49. The molecule has 0 unspecified atom stereocenters. The van der Waals surface area contributed by atoms with Crippen molar-refractivity contribution in [1.82, 2.24) is 10.6 Å². The van der Waals surface area contributed by atoms with Crippen LogP contribution in [0.2, 0.25) is 0 Å². The van der Waals surface area contributed by atoms with Crippen LogP contribution in [-0.2, 0) is 4.79 Å². The van der Waals surface area contributed by atoms with Gasteiger partial charge in [-0.25, -0.2) is 0 Å². The molecule has 0 saturated carbocycles. The SMILES string of the molecule is O=C(NC[C@@H]1CCCCN1)[C@@H]1COc2ccccc2O1. The Morgan fingerprint density at radius 1 is 1.30 bits per heavy atom. The first kappa shape index (κ1) is 13.2. The molecule has 2 N–H and O–H groups in total. The molecule has 0 radical (unpaired) electrons. The summed E-state index contributed by atoms with van der Waals surface area (Å²) in [5.41, 5.74) is 0. The minimum absolute atomic E-state index is 0.105. The maximum Gasteiger partial charge on any atom is 0.264 e. The van der Waals surface area contributed by atoms with Crippen molar-refractivity contribution in [1.29, 1.82) is 0 Å². The fourth-order valence-electron chi connectivity index (χ4n) is 2.58. The molecule has 108 valence electrons. The first-order chi connectivity index (χ1) is 9.83. The van der Waals surface area contributed by atoms with Gasteiger partial charge in [-0.2, -0.15) is 0 Å². The molecule has 20 heavy (non-hydrogen) atoms. The van der Waals surface area contributed by atoms with Crippen molar-refractivity contribution in [2.45, 2.75) is 31.4 Å². The number of hydrogen-bond acceptors (Lipinski definition) is 4. The molecule has 1 amide bonds. The molecule has 2 aliphatic heterocycles. The molecule has 1 fully saturated rings. The molecule has 1 saturated heterocycles. The van der Waals surface area contributed by atoms with Crippen LogP contribution in [0.1, 0.15) is 19.3 Å². The summed E-state index contributed by atoms with van der Waals surface area (Å²) in [4.78, 5) is 12.1. The van der Waals surface area contributed by atoms with Gasteiger partial charge in [0.15, 0.2) is 11.5 Å². The lowest BCUT2D eigenvalue weighted by Gasteiger charge is -2.27. The van der Waals surface area contributed by atoms with Gasteiger partial charge < -0.3 is 20.1 Å². The smallest absolute Gasteiger partial charge is 0.264 e. The molecule has 3 rings (SSSR count). The second-order valence-corrected chi connectivity index (χ2v) is 5.26. The maximum absolute atomic E-state index is 12.1. The highest BCUT2D eigenvalue weighted by Crippen LogP contribution is 2.30. The van der Waals surface area contributed by atoms with E-state index in [2.05, 4.69) is 10.6 Å². The Hall–Kier alpha value is -1.75. The number of para-hydroxylation sites is 2. The quantitative estimate of drug-likeness (QED) is 0.867. The lowest BCUT2D eigenvalue weighted by atomic mass is 10.1. The fourth-order valence-corrected chi connectivity index (χ4v) is 2.58. The summed E-state index contributed by atoms with van der Waals surface area (Å²) >= 11 is 0. The van der Waals surface area contributed by atoms with Crippen LogP contribution in [0.5, 0.6) is 11.5 Å². The van der Waals surface area contributed by atoms with Crippen LogP contribution < -0.4 is 20.1 Å².